The summed E-state index contributed by atoms with van der Waals surface area (Å²) < 4.78 is 7.96. The molecule has 1 aromatic heterocycles. The number of hydrogen-bond donors (Lipinski definition) is 0. The number of carbonyl (C=O) groups excluding carboxylic acids is 1. The SMILES string of the molecule is COc1ccccc1C1(C(=O)N2CC(n3c(C4CC4)nc4ccccc43)C2)CC1. The quantitative estimate of drug-likeness (QED) is 0.664. The van der Waals surface area contributed by atoms with Crippen molar-refractivity contribution in [3.05, 3.63) is 59.9 Å². The van der Waals surface area contributed by atoms with Crippen LogP contribution in [0.4, 0.5) is 0 Å². The van der Waals surface area contributed by atoms with Crippen molar-refractivity contribution in [2.24, 2.45) is 0 Å². The Morgan fingerprint density at radius 3 is 2.52 bits per heavy atom. The van der Waals surface area contributed by atoms with Crippen LogP contribution in [0.1, 0.15) is 49.0 Å². The van der Waals surface area contributed by atoms with E-state index in [9.17, 15) is 4.79 Å². The zero-order valence-electron chi connectivity index (χ0n) is 16.7. The first-order valence-corrected chi connectivity index (χ1v) is 10.6. The highest BCUT2D eigenvalue weighted by atomic mass is 16.5. The molecule has 5 heteroatoms. The molecule has 6 rings (SSSR count). The highest BCUT2D eigenvalue weighted by Gasteiger charge is 2.56. The van der Waals surface area contributed by atoms with Gasteiger partial charge in [-0.1, -0.05) is 30.3 Å². The molecule has 2 heterocycles. The Labute approximate surface area is 170 Å². The van der Waals surface area contributed by atoms with Gasteiger partial charge in [0.15, 0.2) is 0 Å². The van der Waals surface area contributed by atoms with Gasteiger partial charge in [0, 0.05) is 24.6 Å². The maximum atomic E-state index is 13.4. The van der Waals surface area contributed by atoms with Gasteiger partial charge in [-0.25, -0.2) is 4.98 Å². The number of amides is 1. The van der Waals surface area contributed by atoms with Gasteiger partial charge >= 0.3 is 0 Å². The lowest BCUT2D eigenvalue weighted by Crippen LogP contribution is -2.54. The van der Waals surface area contributed by atoms with E-state index >= 15 is 0 Å². The maximum absolute atomic E-state index is 13.4. The minimum atomic E-state index is -0.381. The number of nitrogens with zero attached hydrogens (tertiary/aromatic N) is 3. The van der Waals surface area contributed by atoms with Crippen LogP contribution in [-0.2, 0) is 10.2 Å². The summed E-state index contributed by atoms with van der Waals surface area (Å²) in [4.78, 5) is 20.4. The first-order chi connectivity index (χ1) is 14.2. The Hall–Kier alpha value is -2.82. The Bertz CT molecular complexity index is 1100. The zero-order valence-corrected chi connectivity index (χ0v) is 16.7. The standard InChI is InChI=1S/C24H25N3O2/c1-29-21-9-5-2-6-18(21)24(12-13-24)23(28)26-14-17(15-26)27-20-8-4-3-7-19(20)25-22(27)16-10-11-16/h2-9,16-17H,10-15H2,1H3. The van der Waals surface area contributed by atoms with Crippen LogP contribution in [0, 0.1) is 0 Å². The zero-order chi connectivity index (χ0) is 19.6. The molecule has 0 atom stereocenters. The average molecular weight is 387 g/mol. The smallest absolute Gasteiger partial charge is 0.233 e. The first-order valence-electron chi connectivity index (χ1n) is 10.6. The number of aromatic nitrogens is 2. The summed E-state index contributed by atoms with van der Waals surface area (Å²) in [6, 6.07) is 16.7. The largest absolute Gasteiger partial charge is 0.496 e. The number of imidazole rings is 1. The first kappa shape index (κ1) is 17.1. The average Bonchev–Trinajstić information content (AvgIpc) is 3.64. The van der Waals surface area contributed by atoms with Crippen molar-refractivity contribution >= 4 is 16.9 Å². The molecule has 3 aliphatic rings. The van der Waals surface area contributed by atoms with Crippen molar-refractivity contribution in [2.45, 2.75) is 43.1 Å². The molecule has 3 fully saturated rings. The lowest BCUT2D eigenvalue weighted by Gasteiger charge is -2.42. The van der Waals surface area contributed by atoms with Gasteiger partial charge in [-0.3, -0.25) is 4.79 Å². The van der Waals surface area contributed by atoms with E-state index < -0.39 is 0 Å². The number of likely N-dealkylation sites (tertiary alicyclic amines) is 1. The molecule has 29 heavy (non-hydrogen) atoms. The van der Waals surface area contributed by atoms with Gasteiger partial charge in [0.2, 0.25) is 5.91 Å². The van der Waals surface area contributed by atoms with Gasteiger partial charge in [-0.05, 0) is 43.9 Å². The highest BCUT2D eigenvalue weighted by molar-refractivity contribution is 5.92. The van der Waals surface area contributed by atoms with Gasteiger partial charge in [-0.2, -0.15) is 0 Å². The Kier molecular flexibility index (Phi) is 3.58. The second-order valence-electron chi connectivity index (χ2n) is 8.75. The summed E-state index contributed by atoms with van der Waals surface area (Å²) in [5.41, 5.74) is 2.94. The number of ether oxygens (including phenoxy) is 1. The lowest BCUT2D eigenvalue weighted by atomic mass is 9.91. The fourth-order valence-electron chi connectivity index (χ4n) is 4.93. The van der Waals surface area contributed by atoms with Crippen molar-refractivity contribution < 1.29 is 9.53 Å². The molecule has 0 bridgehead atoms. The fourth-order valence-corrected chi connectivity index (χ4v) is 4.93. The second kappa shape index (κ2) is 6.09. The number of carbonyl (C=O) groups is 1. The van der Waals surface area contributed by atoms with Crippen molar-refractivity contribution in [1.82, 2.24) is 14.5 Å². The lowest BCUT2D eigenvalue weighted by molar-refractivity contribution is -0.139. The second-order valence-corrected chi connectivity index (χ2v) is 8.75. The van der Waals surface area contributed by atoms with Crippen LogP contribution in [0.25, 0.3) is 11.0 Å². The van der Waals surface area contributed by atoms with E-state index in [-0.39, 0.29) is 11.3 Å². The van der Waals surface area contributed by atoms with Crippen LogP contribution in [-0.4, -0.2) is 40.6 Å². The third kappa shape index (κ3) is 2.53. The number of benzene rings is 2. The summed E-state index contributed by atoms with van der Waals surface area (Å²) >= 11 is 0. The third-order valence-corrected chi connectivity index (χ3v) is 6.86. The normalized spacial score (nSPS) is 20.5. The van der Waals surface area contributed by atoms with Gasteiger partial charge in [-0.15, -0.1) is 0 Å². The van der Waals surface area contributed by atoms with E-state index in [0.29, 0.717) is 12.0 Å². The molecule has 1 amide bonds. The Morgan fingerprint density at radius 1 is 1.07 bits per heavy atom. The van der Waals surface area contributed by atoms with E-state index in [1.807, 2.05) is 23.1 Å². The molecule has 2 saturated carbocycles. The highest BCUT2D eigenvalue weighted by Crippen LogP contribution is 2.53. The molecule has 2 aliphatic carbocycles. The molecule has 1 saturated heterocycles. The third-order valence-electron chi connectivity index (χ3n) is 6.86. The molecule has 2 aromatic carbocycles. The summed E-state index contributed by atoms with van der Waals surface area (Å²) in [7, 11) is 1.68. The maximum Gasteiger partial charge on any atom is 0.233 e. The predicted octanol–water partition coefficient (Wildman–Crippen LogP) is 4.04. The molecular weight excluding hydrogens is 362 g/mol. The van der Waals surface area contributed by atoms with E-state index in [1.165, 1.54) is 24.2 Å². The van der Waals surface area contributed by atoms with Crippen molar-refractivity contribution in [1.29, 1.82) is 0 Å². The minimum Gasteiger partial charge on any atom is -0.496 e. The van der Waals surface area contributed by atoms with E-state index in [1.54, 1.807) is 7.11 Å². The van der Waals surface area contributed by atoms with E-state index in [2.05, 4.69) is 34.9 Å². The molecule has 148 valence electrons. The van der Waals surface area contributed by atoms with Gasteiger partial charge in [0.25, 0.3) is 0 Å². The van der Waals surface area contributed by atoms with Gasteiger partial charge in [0.05, 0.1) is 29.6 Å². The van der Waals surface area contributed by atoms with Gasteiger partial charge < -0.3 is 14.2 Å². The van der Waals surface area contributed by atoms with Gasteiger partial charge in [0.1, 0.15) is 11.6 Å². The van der Waals surface area contributed by atoms with E-state index in [0.717, 1.165) is 42.8 Å². The number of para-hydroxylation sites is 3. The molecule has 0 N–H and O–H groups in total. The topological polar surface area (TPSA) is 47.4 Å². The van der Waals surface area contributed by atoms with Crippen molar-refractivity contribution in [3.8, 4) is 5.75 Å². The predicted molar refractivity (Wildman–Crippen MR) is 111 cm³/mol. The van der Waals surface area contributed by atoms with Crippen molar-refractivity contribution in [3.63, 3.8) is 0 Å². The fraction of sp³-hybridized carbons (Fsp3) is 0.417. The number of hydrogen-bond acceptors (Lipinski definition) is 3. The Morgan fingerprint density at radius 2 is 1.79 bits per heavy atom. The van der Waals surface area contributed by atoms with Crippen molar-refractivity contribution in [2.75, 3.05) is 20.2 Å². The molecule has 0 spiro atoms. The molecular formula is C24H25N3O2. The number of methoxy groups -OCH3 is 1. The summed E-state index contributed by atoms with van der Waals surface area (Å²) in [6.07, 6.45) is 4.29. The number of fused-ring (bicyclic) bond motifs is 1. The molecule has 3 aromatic rings. The summed E-state index contributed by atoms with van der Waals surface area (Å²) in [5.74, 6) is 2.90. The van der Waals surface area contributed by atoms with Crippen LogP contribution < -0.4 is 4.74 Å². The number of rotatable bonds is 5. The van der Waals surface area contributed by atoms with Crippen LogP contribution in [0.15, 0.2) is 48.5 Å². The molecule has 0 radical (unpaired) electrons. The summed E-state index contributed by atoms with van der Waals surface area (Å²) in [5, 5.41) is 0. The minimum absolute atomic E-state index is 0.260. The molecule has 1 aliphatic heterocycles. The molecule has 0 unspecified atom stereocenters. The van der Waals surface area contributed by atoms with Crippen LogP contribution in [0.2, 0.25) is 0 Å². The Balaban J connectivity index is 1.26. The van der Waals surface area contributed by atoms with Crippen LogP contribution in [0.3, 0.4) is 0 Å². The van der Waals surface area contributed by atoms with Crippen LogP contribution >= 0.6 is 0 Å². The monoisotopic (exact) mass is 387 g/mol. The van der Waals surface area contributed by atoms with Crippen LogP contribution in [0.5, 0.6) is 5.75 Å². The van der Waals surface area contributed by atoms with E-state index in [4.69, 9.17) is 9.72 Å². The molecule has 5 nitrogen and oxygen atoms in total. The summed E-state index contributed by atoms with van der Waals surface area (Å²) in [6.45, 7) is 1.55.